The van der Waals surface area contributed by atoms with Crippen molar-refractivity contribution in [3.8, 4) is 5.13 Å². The molecule has 3 aromatic rings. The van der Waals surface area contributed by atoms with Gasteiger partial charge in [0, 0.05) is 31.0 Å². The molecule has 0 aliphatic carbocycles. The zero-order chi connectivity index (χ0) is 16.7. The fourth-order valence-electron chi connectivity index (χ4n) is 3.14. The van der Waals surface area contributed by atoms with Crippen molar-refractivity contribution in [2.75, 3.05) is 13.1 Å². The molecule has 1 aliphatic rings. The SMILES string of the molecule is C[C@H]1CN(C(=O)c2ccc3nc(-n4cccc4)sc3c2)C[C@H](C)O1. The van der Waals surface area contributed by atoms with Crippen LogP contribution in [0.4, 0.5) is 0 Å². The Labute approximate surface area is 144 Å². The van der Waals surface area contributed by atoms with Crippen LogP contribution in [0, 0.1) is 0 Å². The number of amides is 1. The molecule has 0 bridgehead atoms. The minimum Gasteiger partial charge on any atom is -0.372 e. The van der Waals surface area contributed by atoms with Gasteiger partial charge in [0.05, 0.1) is 22.4 Å². The minimum atomic E-state index is 0.0646. The van der Waals surface area contributed by atoms with Crippen LogP contribution in [0.2, 0.25) is 0 Å². The lowest BCUT2D eigenvalue weighted by Gasteiger charge is -2.35. The Morgan fingerprint density at radius 3 is 2.62 bits per heavy atom. The minimum absolute atomic E-state index is 0.0646. The van der Waals surface area contributed by atoms with E-state index >= 15 is 0 Å². The van der Waals surface area contributed by atoms with Crippen molar-refractivity contribution in [1.82, 2.24) is 14.5 Å². The van der Waals surface area contributed by atoms with E-state index < -0.39 is 0 Å². The molecule has 0 spiro atoms. The van der Waals surface area contributed by atoms with Crippen molar-refractivity contribution >= 4 is 27.5 Å². The Morgan fingerprint density at radius 1 is 1.21 bits per heavy atom. The van der Waals surface area contributed by atoms with E-state index in [1.54, 1.807) is 11.3 Å². The quantitative estimate of drug-likeness (QED) is 0.718. The zero-order valence-electron chi connectivity index (χ0n) is 13.7. The summed E-state index contributed by atoms with van der Waals surface area (Å²) in [5, 5.41) is 0.910. The van der Waals surface area contributed by atoms with E-state index in [1.165, 1.54) is 0 Å². The van der Waals surface area contributed by atoms with E-state index in [1.807, 2.05) is 66.0 Å². The fourth-order valence-corrected chi connectivity index (χ4v) is 4.12. The summed E-state index contributed by atoms with van der Waals surface area (Å²) >= 11 is 1.59. The van der Waals surface area contributed by atoms with E-state index in [-0.39, 0.29) is 18.1 Å². The number of nitrogens with zero attached hydrogens (tertiary/aromatic N) is 3. The first-order chi connectivity index (χ1) is 11.6. The standard InChI is InChI=1S/C18H19N3O2S/c1-12-10-21(11-13(2)23-12)17(22)14-5-6-15-16(9-14)24-18(19-15)20-7-3-4-8-20/h3-9,12-13H,10-11H2,1-2H3/t12-,13-/m0/s1. The summed E-state index contributed by atoms with van der Waals surface area (Å²) < 4.78 is 8.72. The monoisotopic (exact) mass is 341 g/mol. The van der Waals surface area contributed by atoms with Crippen LogP contribution in [0.3, 0.4) is 0 Å². The molecule has 0 N–H and O–H groups in total. The molecule has 1 aliphatic heterocycles. The largest absolute Gasteiger partial charge is 0.372 e. The lowest BCUT2D eigenvalue weighted by atomic mass is 10.1. The summed E-state index contributed by atoms with van der Waals surface area (Å²) in [6, 6.07) is 9.70. The second kappa shape index (κ2) is 6.03. The van der Waals surface area contributed by atoms with Crippen molar-refractivity contribution in [1.29, 1.82) is 0 Å². The molecule has 4 rings (SSSR count). The third-order valence-corrected chi connectivity index (χ3v) is 5.19. The molecule has 2 aromatic heterocycles. The number of ether oxygens (including phenoxy) is 1. The summed E-state index contributed by atoms with van der Waals surface area (Å²) in [5.74, 6) is 0.0646. The summed E-state index contributed by atoms with van der Waals surface area (Å²) in [7, 11) is 0. The fraction of sp³-hybridized carbons (Fsp3) is 0.333. The normalized spacial score (nSPS) is 21.3. The highest BCUT2D eigenvalue weighted by Gasteiger charge is 2.26. The Morgan fingerprint density at radius 2 is 1.92 bits per heavy atom. The second-order valence-corrected chi connectivity index (χ2v) is 7.25. The smallest absolute Gasteiger partial charge is 0.254 e. The molecule has 5 nitrogen and oxygen atoms in total. The summed E-state index contributed by atoms with van der Waals surface area (Å²) in [4.78, 5) is 19.3. The lowest BCUT2D eigenvalue weighted by Crippen LogP contribution is -2.48. The van der Waals surface area contributed by atoms with Crippen LogP contribution in [0.15, 0.2) is 42.7 Å². The van der Waals surface area contributed by atoms with Gasteiger partial charge in [0.15, 0.2) is 5.13 Å². The van der Waals surface area contributed by atoms with Crippen molar-refractivity contribution in [2.24, 2.45) is 0 Å². The summed E-state index contributed by atoms with van der Waals surface area (Å²) in [5.41, 5.74) is 1.63. The summed E-state index contributed by atoms with van der Waals surface area (Å²) in [6.45, 7) is 5.29. The van der Waals surface area contributed by atoms with Crippen molar-refractivity contribution in [2.45, 2.75) is 26.1 Å². The summed E-state index contributed by atoms with van der Waals surface area (Å²) in [6.07, 6.45) is 4.09. The van der Waals surface area contributed by atoms with Crippen LogP contribution >= 0.6 is 11.3 Å². The highest BCUT2D eigenvalue weighted by molar-refractivity contribution is 7.20. The van der Waals surface area contributed by atoms with E-state index in [0.29, 0.717) is 18.7 Å². The van der Waals surface area contributed by atoms with Crippen LogP contribution in [0.25, 0.3) is 15.3 Å². The molecule has 1 fully saturated rings. The third-order valence-electron chi connectivity index (χ3n) is 4.16. The molecule has 2 atom stereocenters. The van der Waals surface area contributed by atoms with Gasteiger partial charge < -0.3 is 14.2 Å². The van der Waals surface area contributed by atoms with Crippen LogP contribution in [0.5, 0.6) is 0 Å². The van der Waals surface area contributed by atoms with Crippen LogP contribution in [-0.2, 0) is 4.74 Å². The highest BCUT2D eigenvalue weighted by Crippen LogP contribution is 2.27. The van der Waals surface area contributed by atoms with Gasteiger partial charge in [-0.1, -0.05) is 11.3 Å². The topological polar surface area (TPSA) is 47.4 Å². The molecule has 3 heterocycles. The number of hydrogen-bond acceptors (Lipinski definition) is 4. The molecular weight excluding hydrogens is 322 g/mol. The molecular formula is C18H19N3O2S. The average Bonchev–Trinajstić information content (AvgIpc) is 3.21. The molecule has 6 heteroatoms. The van der Waals surface area contributed by atoms with Gasteiger partial charge in [0.25, 0.3) is 5.91 Å². The number of aromatic nitrogens is 2. The Hall–Kier alpha value is -2.18. The average molecular weight is 341 g/mol. The zero-order valence-corrected chi connectivity index (χ0v) is 14.5. The second-order valence-electron chi connectivity index (χ2n) is 6.24. The van der Waals surface area contributed by atoms with Gasteiger partial charge in [-0.15, -0.1) is 0 Å². The van der Waals surface area contributed by atoms with E-state index in [2.05, 4.69) is 4.98 Å². The molecule has 1 saturated heterocycles. The van der Waals surface area contributed by atoms with Crippen molar-refractivity contribution in [3.05, 3.63) is 48.3 Å². The Bertz CT molecular complexity index is 862. The maximum Gasteiger partial charge on any atom is 0.254 e. The molecule has 0 unspecified atom stereocenters. The molecule has 124 valence electrons. The predicted molar refractivity (Wildman–Crippen MR) is 94.9 cm³/mol. The number of morpholine rings is 1. The number of carbonyl (C=O) groups is 1. The number of hydrogen-bond donors (Lipinski definition) is 0. The predicted octanol–water partition coefficient (Wildman–Crippen LogP) is 3.34. The number of thiazole rings is 1. The first kappa shape index (κ1) is 15.4. The molecule has 1 aromatic carbocycles. The highest BCUT2D eigenvalue weighted by atomic mass is 32.1. The van der Waals surface area contributed by atoms with E-state index in [9.17, 15) is 4.79 Å². The van der Waals surface area contributed by atoms with Gasteiger partial charge in [-0.3, -0.25) is 4.79 Å². The van der Waals surface area contributed by atoms with Crippen LogP contribution < -0.4 is 0 Å². The first-order valence-electron chi connectivity index (χ1n) is 8.09. The number of benzene rings is 1. The lowest BCUT2D eigenvalue weighted by molar-refractivity contribution is -0.0586. The van der Waals surface area contributed by atoms with Gasteiger partial charge in [0.1, 0.15) is 0 Å². The van der Waals surface area contributed by atoms with Gasteiger partial charge in [-0.2, -0.15) is 0 Å². The number of fused-ring (bicyclic) bond motifs is 1. The third kappa shape index (κ3) is 2.83. The van der Waals surface area contributed by atoms with E-state index in [4.69, 9.17) is 4.74 Å². The molecule has 24 heavy (non-hydrogen) atoms. The molecule has 0 saturated carbocycles. The Balaban J connectivity index is 1.63. The molecule has 1 amide bonds. The maximum atomic E-state index is 12.8. The van der Waals surface area contributed by atoms with Gasteiger partial charge in [-0.25, -0.2) is 4.98 Å². The Kier molecular flexibility index (Phi) is 3.86. The number of rotatable bonds is 2. The van der Waals surface area contributed by atoms with Crippen LogP contribution in [-0.4, -0.2) is 45.7 Å². The maximum absolute atomic E-state index is 12.8. The van der Waals surface area contributed by atoms with Crippen molar-refractivity contribution < 1.29 is 9.53 Å². The van der Waals surface area contributed by atoms with E-state index in [0.717, 1.165) is 15.3 Å². The first-order valence-corrected chi connectivity index (χ1v) is 8.90. The number of carbonyl (C=O) groups excluding carboxylic acids is 1. The van der Waals surface area contributed by atoms with Gasteiger partial charge >= 0.3 is 0 Å². The van der Waals surface area contributed by atoms with Gasteiger partial charge in [-0.05, 0) is 44.2 Å². The van der Waals surface area contributed by atoms with Crippen molar-refractivity contribution in [3.63, 3.8) is 0 Å². The molecule has 0 radical (unpaired) electrons. The van der Waals surface area contributed by atoms with Gasteiger partial charge in [0.2, 0.25) is 0 Å². The van der Waals surface area contributed by atoms with Crippen LogP contribution in [0.1, 0.15) is 24.2 Å².